The zero-order valence-electron chi connectivity index (χ0n) is 8.29. The molecule has 1 amide bonds. The van der Waals surface area contributed by atoms with Crippen LogP contribution in [0.4, 0.5) is 0 Å². The van der Waals surface area contributed by atoms with Gasteiger partial charge in [0.25, 0.3) is 0 Å². The molecule has 1 aliphatic rings. The largest absolute Gasteiger partial charge is 0.370 e. The quantitative estimate of drug-likeness (QED) is 0.677. The zero-order valence-corrected chi connectivity index (χ0v) is 8.29. The molecule has 5 nitrogen and oxygen atoms in total. The molecule has 0 saturated carbocycles. The molecule has 5 heteroatoms. The summed E-state index contributed by atoms with van der Waals surface area (Å²) in [5, 5.41) is 0. The summed E-state index contributed by atoms with van der Waals surface area (Å²) < 4.78 is 0. The summed E-state index contributed by atoms with van der Waals surface area (Å²) >= 11 is 0. The van der Waals surface area contributed by atoms with Crippen LogP contribution in [-0.2, 0) is 14.4 Å². The number of hydroxylamine groups is 1. The Kier molecular flexibility index (Phi) is 3.88. The Morgan fingerprint density at radius 1 is 1.79 bits per heavy atom. The molecule has 2 unspecified atom stereocenters. The van der Waals surface area contributed by atoms with Crippen molar-refractivity contribution in [2.24, 2.45) is 11.7 Å². The molecule has 3 N–H and O–H groups in total. The molecule has 14 heavy (non-hydrogen) atoms. The second-order valence-electron chi connectivity index (χ2n) is 3.51. The van der Waals surface area contributed by atoms with Crippen LogP contribution in [0.3, 0.4) is 0 Å². The number of nitrogens with two attached hydrogens (primary N) is 1. The van der Waals surface area contributed by atoms with Gasteiger partial charge in [-0.3, -0.25) is 9.59 Å². The lowest BCUT2D eigenvalue weighted by Crippen LogP contribution is -2.42. The fourth-order valence-corrected chi connectivity index (χ4v) is 1.68. The van der Waals surface area contributed by atoms with E-state index in [4.69, 9.17) is 10.6 Å². The van der Waals surface area contributed by atoms with Crippen LogP contribution in [0.5, 0.6) is 0 Å². The Balaban J connectivity index is 2.57. The normalized spacial score (nSPS) is 24.9. The van der Waals surface area contributed by atoms with E-state index in [-0.39, 0.29) is 23.8 Å². The first-order chi connectivity index (χ1) is 6.65. The molecular weight excluding hydrogens is 184 g/mol. The number of carbonyl (C=O) groups excluding carboxylic acids is 2. The summed E-state index contributed by atoms with van der Waals surface area (Å²) in [6, 6.07) is -0.135. The van der Waals surface area contributed by atoms with Gasteiger partial charge in [-0.15, -0.1) is 5.48 Å². The van der Waals surface area contributed by atoms with Crippen molar-refractivity contribution in [3.8, 4) is 0 Å². The molecule has 0 bridgehead atoms. The van der Waals surface area contributed by atoms with Crippen molar-refractivity contribution in [1.82, 2.24) is 5.48 Å². The van der Waals surface area contributed by atoms with Gasteiger partial charge in [0.05, 0.1) is 12.0 Å². The number of nitrogens with one attached hydrogen (secondary N) is 1. The van der Waals surface area contributed by atoms with Crippen LogP contribution < -0.4 is 11.2 Å². The van der Waals surface area contributed by atoms with Crippen molar-refractivity contribution < 1.29 is 14.4 Å². The molecule has 0 aromatic rings. The van der Waals surface area contributed by atoms with E-state index in [1.165, 1.54) is 0 Å². The maximum atomic E-state index is 11.1. The van der Waals surface area contributed by atoms with Crippen LogP contribution >= 0.6 is 0 Å². The van der Waals surface area contributed by atoms with E-state index in [1.54, 1.807) is 0 Å². The van der Waals surface area contributed by atoms with Crippen molar-refractivity contribution in [3.63, 3.8) is 0 Å². The molecule has 0 aromatic carbocycles. The Bertz CT molecular complexity index is 230. The minimum atomic E-state index is -0.344. The first-order valence-corrected chi connectivity index (χ1v) is 4.89. The first-order valence-electron chi connectivity index (χ1n) is 4.89. The van der Waals surface area contributed by atoms with E-state index in [1.807, 2.05) is 6.92 Å². The molecule has 1 rings (SSSR count). The minimum absolute atomic E-state index is 0.135. The number of amides is 1. The van der Waals surface area contributed by atoms with Crippen LogP contribution in [-0.4, -0.2) is 17.9 Å². The van der Waals surface area contributed by atoms with Gasteiger partial charge in [-0.05, 0) is 19.3 Å². The second kappa shape index (κ2) is 4.95. The highest BCUT2D eigenvalue weighted by Crippen LogP contribution is 2.17. The highest BCUT2D eigenvalue weighted by atomic mass is 16.7. The number of rotatable bonds is 3. The van der Waals surface area contributed by atoms with Crippen molar-refractivity contribution in [2.75, 3.05) is 0 Å². The topological polar surface area (TPSA) is 81.4 Å². The van der Waals surface area contributed by atoms with Gasteiger partial charge in [-0.25, -0.2) is 0 Å². The van der Waals surface area contributed by atoms with Crippen molar-refractivity contribution in [1.29, 1.82) is 0 Å². The highest BCUT2D eigenvalue weighted by molar-refractivity contribution is 5.77. The summed E-state index contributed by atoms with van der Waals surface area (Å²) in [6.07, 6.45) is 2.54. The van der Waals surface area contributed by atoms with E-state index >= 15 is 0 Å². The van der Waals surface area contributed by atoms with E-state index in [9.17, 15) is 9.59 Å². The molecule has 0 aliphatic carbocycles. The molecule has 2 atom stereocenters. The van der Waals surface area contributed by atoms with E-state index in [0.29, 0.717) is 12.8 Å². The monoisotopic (exact) mass is 200 g/mol. The molecule has 1 heterocycles. The van der Waals surface area contributed by atoms with Gasteiger partial charge in [0, 0.05) is 6.42 Å². The summed E-state index contributed by atoms with van der Waals surface area (Å²) in [5.74, 6) is -0.879. The molecular formula is C9H16N2O3. The van der Waals surface area contributed by atoms with Crippen LogP contribution in [0.2, 0.25) is 0 Å². The van der Waals surface area contributed by atoms with Gasteiger partial charge in [0.15, 0.2) is 0 Å². The molecule has 1 fully saturated rings. The summed E-state index contributed by atoms with van der Waals surface area (Å²) in [5.41, 5.74) is 7.86. The Morgan fingerprint density at radius 2 is 2.50 bits per heavy atom. The fourth-order valence-electron chi connectivity index (χ4n) is 1.68. The van der Waals surface area contributed by atoms with Gasteiger partial charge in [0.1, 0.15) is 0 Å². The molecule has 0 radical (unpaired) electrons. The zero-order chi connectivity index (χ0) is 10.6. The summed E-state index contributed by atoms with van der Waals surface area (Å²) in [6.45, 7) is 1.89. The van der Waals surface area contributed by atoms with E-state index in [0.717, 1.165) is 12.8 Å². The lowest BCUT2D eigenvalue weighted by atomic mass is 9.93. The highest BCUT2D eigenvalue weighted by Gasteiger charge is 2.27. The number of primary amides is 1. The third-order valence-corrected chi connectivity index (χ3v) is 2.51. The van der Waals surface area contributed by atoms with Crippen LogP contribution in [0.25, 0.3) is 0 Å². The van der Waals surface area contributed by atoms with Gasteiger partial charge in [-0.1, -0.05) is 6.92 Å². The molecule has 80 valence electrons. The van der Waals surface area contributed by atoms with Gasteiger partial charge in [-0.2, -0.15) is 0 Å². The third kappa shape index (κ3) is 2.70. The molecule has 1 aliphatic heterocycles. The number of carbonyl (C=O) groups is 2. The maximum absolute atomic E-state index is 11.1. The van der Waals surface area contributed by atoms with Crippen molar-refractivity contribution in [2.45, 2.75) is 38.6 Å². The summed E-state index contributed by atoms with van der Waals surface area (Å²) in [7, 11) is 0. The second-order valence-corrected chi connectivity index (χ2v) is 3.51. The third-order valence-electron chi connectivity index (χ3n) is 2.51. The predicted octanol–water partition coefficient (Wildman–Crippen LogP) is 0.0982. The van der Waals surface area contributed by atoms with Gasteiger partial charge in [0.2, 0.25) is 5.91 Å². The molecule has 0 spiro atoms. The molecule has 0 aromatic heterocycles. The van der Waals surface area contributed by atoms with Gasteiger partial charge >= 0.3 is 5.97 Å². The average molecular weight is 200 g/mol. The smallest absolute Gasteiger partial charge is 0.324 e. The fraction of sp³-hybridized carbons (Fsp3) is 0.778. The van der Waals surface area contributed by atoms with Gasteiger partial charge < -0.3 is 10.6 Å². The van der Waals surface area contributed by atoms with Crippen LogP contribution in [0, 0.1) is 5.92 Å². The predicted molar refractivity (Wildman–Crippen MR) is 49.8 cm³/mol. The molecule has 1 saturated heterocycles. The average Bonchev–Trinajstić information content (AvgIpc) is 2.32. The van der Waals surface area contributed by atoms with E-state index < -0.39 is 0 Å². The SMILES string of the molecule is CCC(C(N)=O)C1CCCC(=O)ON1. The van der Waals surface area contributed by atoms with E-state index in [2.05, 4.69) is 5.48 Å². The maximum Gasteiger partial charge on any atom is 0.324 e. The lowest BCUT2D eigenvalue weighted by Gasteiger charge is -2.21. The Morgan fingerprint density at radius 3 is 3.07 bits per heavy atom. The van der Waals surface area contributed by atoms with Crippen molar-refractivity contribution in [3.05, 3.63) is 0 Å². The Labute approximate surface area is 82.9 Å². The number of hydrogen-bond acceptors (Lipinski definition) is 4. The number of hydrogen-bond donors (Lipinski definition) is 2. The van der Waals surface area contributed by atoms with Crippen LogP contribution in [0.1, 0.15) is 32.6 Å². The van der Waals surface area contributed by atoms with Crippen molar-refractivity contribution >= 4 is 11.9 Å². The standard InChI is InChI=1S/C9H16N2O3/c1-2-6(9(10)13)7-4-3-5-8(12)14-11-7/h6-7,11H,2-5H2,1H3,(H2,10,13). The van der Waals surface area contributed by atoms with Crippen LogP contribution in [0.15, 0.2) is 0 Å². The first kappa shape index (κ1) is 11.0. The minimum Gasteiger partial charge on any atom is -0.370 e. The Hall–Kier alpha value is -1.10. The lowest BCUT2D eigenvalue weighted by molar-refractivity contribution is -0.152. The summed E-state index contributed by atoms with van der Waals surface area (Å²) in [4.78, 5) is 26.7.